The van der Waals surface area contributed by atoms with Crippen LogP contribution in [0.5, 0.6) is 5.75 Å². The van der Waals surface area contributed by atoms with Crippen molar-refractivity contribution in [1.82, 2.24) is 5.43 Å². The van der Waals surface area contributed by atoms with Gasteiger partial charge in [-0.2, -0.15) is 5.10 Å². The Morgan fingerprint density at radius 2 is 1.75 bits per heavy atom. The molecule has 0 unspecified atom stereocenters. The van der Waals surface area contributed by atoms with Crippen molar-refractivity contribution in [3.8, 4) is 5.75 Å². The Kier molecular flexibility index (Phi) is 7.94. The van der Waals surface area contributed by atoms with E-state index in [9.17, 15) is 4.79 Å². The van der Waals surface area contributed by atoms with Crippen LogP contribution in [0.1, 0.15) is 43.0 Å². The van der Waals surface area contributed by atoms with E-state index in [1.807, 2.05) is 42.5 Å². The lowest BCUT2D eigenvalue weighted by Crippen LogP contribution is -2.20. The summed E-state index contributed by atoms with van der Waals surface area (Å²) in [6.07, 6.45) is 1.83. The first-order chi connectivity index (χ1) is 15.2. The molecule has 1 N–H and O–H groups in total. The predicted octanol–water partition coefficient (Wildman–Crippen LogP) is 6.56. The van der Waals surface area contributed by atoms with Crippen molar-refractivity contribution in [2.24, 2.45) is 5.10 Å². The highest BCUT2D eigenvalue weighted by Crippen LogP contribution is 2.24. The summed E-state index contributed by atoms with van der Waals surface area (Å²) >= 11 is 12.2. The third kappa shape index (κ3) is 6.84. The second-order valence-electron chi connectivity index (χ2n) is 8.48. The molecule has 0 spiro atoms. The molecule has 0 radical (unpaired) electrons. The quantitative estimate of drug-likeness (QED) is 0.315. The fraction of sp³-hybridized carbons (Fsp3) is 0.231. The van der Waals surface area contributed by atoms with Crippen LogP contribution in [0, 0.1) is 0 Å². The molecule has 166 valence electrons. The molecule has 0 aliphatic heterocycles. The first-order valence-corrected chi connectivity index (χ1v) is 11.0. The van der Waals surface area contributed by atoms with Crippen LogP contribution in [-0.2, 0) is 23.2 Å². The average molecular weight is 469 g/mol. The summed E-state index contributed by atoms with van der Waals surface area (Å²) in [5, 5.41) is 5.21. The SMILES string of the molecule is CC(C)(C)c1ccc(CC(=O)NN=Cc2ccccc2OCc2ccc(Cl)cc2Cl)cc1. The first-order valence-electron chi connectivity index (χ1n) is 10.3. The van der Waals surface area contributed by atoms with Gasteiger partial charge in [-0.1, -0.05) is 86.4 Å². The van der Waals surface area contributed by atoms with Gasteiger partial charge in [-0.05, 0) is 40.8 Å². The van der Waals surface area contributed by atoms with Crippen LogP contribution in [0.2, 0.25) is 10.0 Å². The molecule has 0 atom stereocenters. The molecular formula is C26H26Cl2N2O2. The number of carbonyl (C=O) groups is 1. The smallest absolute Gasteiger partial charge is 0.244 e. The number of rotatable bonds is 7. The molecule has 3 rings (SSSR count). The topological polar surface area (TPSA) is 50.7 Å². The van der Waals surface area contributed by atoms with Gasteiger partial charge in [0.1, 0.15) is 12.4 Å². The molecule has 6 heteroatoms. The number of nitrogens with one attached hydrogen (secondary N) is 1. The van der Waals surface area contributed by atoms with Gasteiger partial charge in [-0.3, -0.25) is 4.79 Å². The van der Waals surface area contributed by atoms with E-state index in [2.05, 4.69) is 43.4 Å². The Hall–Kier alpha value is -2.82. The zero-order valence-electron chi connectivity index (χ0n) is 18.4. The maximum atomic E-state index is 12.3. The fourth-order valence-electron chi connectivity index (χ4n) is 3.03. The number of para-hydroxylation sites is 1. The minimum atomic E-state index is -0.184. The third-order valence-electron chi connectivity index (χ3n) is 4.89. The number of carbonyl (C=O) groups excluding carboxylic acids is 1. The van der Waals surface area contributed by atoms with Crippen LogP contribution in [0.15, 0.2) is 71.8 Å². The van der Waals surface area contributed by atoms with Crippen molar-refractivity contribution in [2.45, 2.75) is 39.2 Å². The Morgan fingerprint density at radius 1 is 1.03 bits per heavy atom. The van der Waals surface area contributed by atoms with Crippen molar-refractivity contribution in [3.63, 3.8) is 0 Å². The van der Waals surface area contributed by atoms with Crippen molar-refractivity contribution in [3.05, 3.63) is 99.0 Å². The van der Waals surface area contributed by atoms with E-state index in [0.717, 1.165) is 16.7 Å². The van der Waals surface area contributed by atoms with Crippen molar-refractivity contribution < 1.29 is 9.53 Å². The van der Waals surface area contributed by atoms with Gasteiger partial charge < -0.3 is 4.74 Å². The van der Waals surface area contributed by atoms with Crippen LogP contribution in [0.4, 0.5) is 0 Å². The fourth-order valence-corrected chi connectivity index (χ4v) is 3.50. The number of hydrogen-bond acceptors (Lipinski definition) is 3. The molecule has 0 saturated carbocycles. The average Bonchev–Trinajstić information content (AvgIpc) is 2.74. The van der Waals surface area contributed by atoms with Gasteiger partial charge in [0, 0.05) is 21.2 Å². The molecule has 0 aliphatic rings. The molecule has 0 aliphatic carbocycles. The molecule has 4 nitrogen and oxygen atoms in total. The summed E-state index contributed by atoms with van der Waals surface area (Å²) < 4.78 is 5.90. The number of amides is 1. The molecular weight excluding hydrogens is 443 g/mol. The highest BCUT2D eigenvalue weighted by molar-refractivity contribution is 6.35. The minimum Gasteiger partial charge on any atom is -0.488 e. The Bertz CT molecular complexity index is 1100. The van der Waals surface area contributed by atoms with Crippen LogP contribution in [0.3, 0.4) is 0 Å². The Labute approximate surface area is 199 Å². The van der Waals surface area contributed by atoms with Gasteiger partial charge in [0.15, 0.2) is 0 Å². The molecule has 1 amide bonds. The van der Waals surface area contributed by atoms with Crippen molar-refractivity contribution in [2.75, 3.05) is 0 Å². The number of halogens is 2. The first kappa shape index (κ1) is 23.8. The lowest BCUT2D eigenvalue weighted by atomic mass is 9.86. The second-order valence-corrected chi connectivity index (χ2v) is 9.32. The summed E-state index contributed by atoms with van der Waals surface area (Å²) in [7, 11) is 0. The summed E-state index contributed by atoms with van der Waals surface area (Å²) in [6, 6.07) is 20.8. The monoisotopic (exact) mass is 468 g/mol. The maximum absolute atomic E-state index is 12.3. The number of hydrogen-bond donors (Lipinski definition) is 1. The van der Waals surface area contributed by atoms with Crippen LogP contribution in [0.25, 0.3) is 0 Å². The van der Waals surface area contributed by atoms with Crippen LogP contribution in [-0.4, -0.2) is 12.1 Å². The molecule has 3 aromatic rings. The van der Waals surface area contributed by atoms with E-state index in [1.54, 1.807) is 18.3 Å². The largest absolute Gasteiger partial charge is 0.488 e. The van der Waals surface area contributed by atoms with E-state index >= 15 is 0 Å². The number of hydrazone groups is 1. The summed E-state index contributed by atoms with van der Waals surface area (Å²) in [4.78, 5) is 12.3. The maximum Gasteiger partial charge on any atom is 0.244 e. The highest BCUT2D eigenvalue weighted by Gasteiger charge is 2.13. The lowest BCUT2D eigenvalue weighted by molar-refractivity contribution is -0.120. The van der Waals surface area contributed by atoms with E-state index in [0.29, 0.717) is 15.8 Å². The van der Waals surface area contributed by atoms with Crippen LogP contribution >= 0.6 is 23.2 Å². The third-order valence-corrected chi connectivity index (χ3v) is 5.48. The van der Waals surface area contributed by atoms with E-state index in [-0.39, 0.29) is 24.3 Å². The van der Waals surface area contributed by atoms with Crippen molar-refractivity contribution >= 4 is 35.3 Å². The summed E-state index contributed by atoms with van der Waals surface area (Å²) in [5.41, 5.74) is 6.40. The second kappa shape index (κ2) is 10.7. The highest BCUT2D eigenvalue weighted by atomic mass is 35.5. The van der Waals surface area contributed by atoms with E-state index in [4.69, 9.17) is 27.9 Å². The predicted molar refractivity (Wildman–Crippen MR) is 132 cm³/mol. The number of ether oxygens (including phenoxy) is 1. The zero-order chi connectivity index (χ0) is 23.1. The normalized spacial score (nSPS) is 11.5. The number of nitrogens with zero attached hydrogens (tertiary/aromatic N) is 1. The zero-order valence-corrected chi connectivity index (χ0v) is 19.9. The number of benzene rings is 3. The van der Waals surface area contributed by atoms with Crippen molar-refractivity contribution in [1.29, 1.82) is 0 Å². The van der Waals surface area contributed by atoms with Gasteiger partial charge >= 0.3 is 0 Å². The summed E-state index contributed by atoms with van der Waals surface area (Å²) in [5.74, 6) is 0.449. The molecule has 0 aromatic heterocycles. The van der Waals surface area contributed by atoms with Gasteiger partial charge in [0.2, 0.25) is 5.91 Å². The van der Waals surface area contributed by atoms with Crippen LogP contribution < -0.4 is 10.2 Å². The van der Waals surface area contributed by atoms with Gasteiger partial charge in [0.25, 0.3) is 0 Å². The minimum absolute atomic E-state index is 0.0828. The Balaban J connectivity index is 1.57. The molecule has 0 heterocycles. The summed E-state index contributed by atoms with van der Waals surface area (Å²) in [6.45, 7) is 6.77. The standard InChI is InChI=1S/C26H26Cl2N2O2/c1-26(2,3)21-11-8-18(9-12-21)14-25(31)30-29-16-19-6-4-5-7-24(19)32-17-20-10-13-22(27)15-23(20)28/h4-13,15-16H,14,17H2,1-3H3,(H,30,31). The molecule has 0 saturated heterocycles. The van der Waals surface area contributed by atoms with Gasteiger partial charge in [-0.15, -0.1) is 0 Å². The Morgan fingerprint density at radius 3 is 2.44 bits per heavy atom. The van der Waals surface area contributed by atoms with Gasteiger partial charge in [0.05, 0.1) is 12.6 Å². The van der Waals surface area contributed by atoms with Gasteiger partial charge in [-0.25, -0.2) is 5.43 Å². The molecule has 32 heavy (non-hydrogen) atoms. The molecule has 0 fully saturated rings. The molecule has 0 bridgehead atoms. The molecule has 3 aromatic carbocycles. The lowest BCUT2D eigenvalue weighted by Gasteiger charge is -2.19. The van der Waals surface area contributed by atoms with E-state index < -0.39 is 0 Å². The van der Waals surface area contributed by atoms with E-state index in [1.165, 1.54) is 5.56 Å².